The Morgan fingerprint density at radius 3 is 0.900 bits per heavy atom. The molecule has 0 amide bonds. The summed E-state index contributed by atoms with van der Waals surface area (Å²) >= 11 is 31.6. The van der Waals surface area contributed by atoms with Gasteiger partial charge in [0.1, 0.15) is 3.72 Å². The van der Waals surface area contributed by atoms with Gasteiger partial charge in [0.15, 0.2) is 3.04 Å². The molecule has 0 aromatic heterocycles. The molecule has 0 aromatic rings. The summed E-state index contributed by atoms with van der Waals surface area (Å²) in [6, 6.07) is 0. The van der Waals surface area contributed by atoms with E-state index in [4.69, 9.17) is 0 Å². The van der Waals surface area contributed by atoms with Gasteiger partial charge < -0.3 is 5.11 Å². The minimum absolute atomic E-state index is 0.0164. The summed E-state index contributed by atoms with van der Waals surface area (Å²) in [6.07, 6.45) is 0. The normalized spacial score (nSPS) is 18.9. The Bertz CT molecular complexity index is 324. The van der Waals surface area contributed by atoms with Crippen molar-refractivity contribution in [1.82, 2.24) is 0 Å². The molecule has 1 nitrogen and oxygen atoms in total. The first-order valence-corrected chi connectivity index (χ1v) is 18.0. The first kappa shape index (κ1) is 29.5. The number of rotatable bonds is 5. The van der Waals surface area contributed by atoms with E-state index in [2.05, 4.69) is 294 Å². The maximum atomic E-state index is 11.3. The molecule has 0 fully saturated rings. The molecule has 0 radical (unpaired) electrons. The van der Waals surface area contributed by atoms with E-state index in [1.54, 1.807) is 0 Å². The molecule has 0 bridgehead atoms. The number of hydrogen-bond donors (Lipinski definition) is 1. The lowest BCUT2D eigenvalue weighted by Gasteiger charge is -2.53. The SMILES string of the molecule is OC(I)(C(I)(I)I)C(I)(I)C(I)(I)C(I)(I)C(I)(I)I. The summed E-state index contributed by atoms with van der Waals surface area (Å²) in [5, 5.41) is 11.3. The van der Waals surface area contributed by atoms with Gasteiger partial charge in [0.25, 0.3) is 0 Å². The molecule has 0 aliphatic carbocycles. The maximum absolute atomic E-state index is 11.3. The van der Waals surface area contributed by atoms with Gasteiger partial charge in [-0.05, 0) is 22.6 Å². The van der Waals surface area contributed by atoms with Gasteiger partial charge in [0.2, 0.25) is 0 Å². The quantitative estimate of drug-likeness (QED) is 0.215. The highest BCUT2D eigenvalue weighted by molar-refractivity contribution is 14.3. The Morgan fingerprint density at radius 2 is 0.700 bits per heavy atom. The van der Waals surface area contributed by atoms with Crippen molar-refractivity contribution in [2.75, 3.05) is 0 Å². The van der Waals surface area contributed by atoms with Crippen molar-refractivity contribution < 1.29 is 5.11 Å². The van der Waals surface area contributed by atoms with Crippen LogP contribution >= 0.6 is 294 Å². The van der Waals surface area contributed by atoms with Crippen molar-refractivity contribution in [3.8, 4) is 0 Å². The lowest BCUT2D eigenvalue weighted by atomic mass is 10.2. The topological polar surface area (TPSA) is 20.2 Å². The van der Waals surface area contributed by atoms with E-state index >= 15 is 0 Å². The van der Waals surface area contributed by atoms with Crippen LogP contribution in [0.3, 0.4) is 0 Å². The van der Waals surface area contributed by atoms with Crippen molar-refractivity contribution in [2.24, 2.45) is 0 Å². The maximum Gasteiger partial charge on any atom is 0.173 e. The third-order valence-electron chi connectivity index (χ3n) is 1.94. The summed E-state index contributed by atoms with van der Waals surface area (Å²) in [5.74, 6) is 0. The average molecular weight is 1740 g/mol. The van der Waals surface area contributed by atoms with Crippen LogP contribution in [0.4, 0.5) is 0 Å². The minimum atomic E-state index is -0.889. The molecule has 1 unspecified atom stereocenters. The zero-order valence-electron chi connectivity index (χ0n) is 8.36. The molecule has 0 aliphatic heterocycles. The average Bonchev–Trinajstić information content (AvgIpc) is 2.12. The second-order valence-corrected chi connectivity index (χ2v) is 42.9. The number of halogens is 13. The summed E-state index contributed by atoms with van der Waals surface area (Å²) in [7, 11) is 0. The van der Waals surface area contributed by atoms with Gasteiger partial charge in [-0.3, -0.25) is 0 Å². The molecule has 0 aliphatic rings. The standard InChI is InChI=1S/C6HI13O/c7-1(8,3(11,12)5(14,15)16)2(9,10)4(13,20)6(17,18)19/h20H. The van der Waals surface area contributed by atoms with Gasteiger partial charge >= 0.3 is 0 Å². The highest BCUT2D eigenvalue weighted by atomic mass is 127. The van der Waals surface area contributed by atoms with Crippen molar-refractivity contribution in [3.05, 3.63) is 0 Å². The van der Waals surface area contributed by atoms with Gasteiger partial charge in [-0.25, -0.2) is 0 Å². The van der Waals surface area contributed by atoms with E-state index in [1.807, 2.05) is 0 Å². The van der Waals surface area contributed by atoms with Gasteiger partial charge in [-0.1, -0.05) is 271 Å². The Morgan fingerprint density at radius 1 is 0.400 bits per heavy atom. The zero-order chi connectivity index (χ0) is 17.0. The zero-order valence-corrected chi connectivity index (χ0v) is 36.4. The molecule has 0 heterocycles. The summed E-state index contributed by atoms with van der Waals surface area (Å²) in [5.41, 5.74) is 0. The van der Waals surface area contributed by atoms with Crippen LogP contribution in [0.2, 0.25) is 0 Å². The first-order chi connectivity index (χ1) is 8.25. The van der Waals surface area contributed by atoms with Gasteiger partial charge in [0, 0.05) is 0 Å². The Kier molecular flexibility index (Phi) is 15.3. The predicted molar refractivity (Wildman–Crippen MR) is 201 cm³/mol. The molecule has 0 spiro atoms. The van der Waals surface area contributed by atoms with Crippen LogP contribution in [0.1, 0.15) is 0 Å². The minimum Gasteiger partial charge on any atom is -0.374 e. The van der Waals surface area contributed by atoms with Crippen molar-refractivity contribution in [1.29, 1.82) is 0 Å². The molecular weight excluding hydrogens is 1740 g/mol. The highest BCUT2D eigenvalue weighted by Gasteiger charge is 2.72. The van der Waals surface area contributed by atoms with Gasteiger partial charge in [-0.2, -0.15) is 0 Å². The van der Waals surface area contributed by atoms with Crippen molar-refractivity contribution >= 4 is 294 Å². The molecule has 20 heavy (non-hydrogen) atoms. The smallest absolute Gasteiger partial charge is 0.173 e. The second kappa shape index (κ2) is 10.4. The monoisotopic (exact) mass is 1740 g/mol. The van der Waals surface area contributed by atoms with E-state index in [-0.39, 0.29) is 3.16 Å². The molecule has 1 N–H and O–H groups in total. The molecular formula is C6HI13O. The number of hydrogen-bond acceptors (Lipinski definition) is 1. The number of alkyl halides is 13. The fourth-order valence-corrected chi connectivity index (χ4v) is 16.9. The van der Waals surface area contributed by atoms with E-state index in [9.17, 15) is 5.11 Å². The number of aliphatic hydroxyl groups is 1. The van der Waals surface area contributed by atoms with Crippen LogP contribution in [0.15, 0.2) is 0 Å². The van der Waals surface area contributed by atoms with Crippen LogP contribution in [-0.4, -0.2) is 11.9 Å². The van der Waals surface area contributed by atoms with Crippen molar-refractivity contribution in [2.45, 2.75) is 6.76 Å². The summed E-state index contributed by atoms with van der Waals surface area (Å²) in [4.78, 5) is 0. The lowest BCUT2D eigenvalue weighted by molar-refractivity contribution is 0.172. The van der Waals surface area contributed by atoms with Crippen LogP contribution < -0.4 is 0 Å². The summed E-state index contributed by atoms with van der Waals surface area (Å²) < 4.78 is -1.82. The van der Waals surface area contributed by atoms with Crippen LogP contribution in [-0.2, 0) is 0 Å². The fourth-order valence-electron chi connectivity index (χ4n) is 0.761. The fraction of sp³-hybridized carbons (Fsp3) is 1.00. The van der Waals surface area contributed by atoms with Gasteiger partial charge in [-0.15, -0.1) is 0 Å². The summed E-state index contributed by atoms with van der Waals surface area (Å²) in [6.45, 7) is 0. The molecule has 1 atom stereocenters. The van der Waals surface area contributed by atoms with Crippen molar-refractivity contribution in [3.63, 3.8) is 0 Å². The lowest BCUT2D eigenvalue weighted by Crippen LogP contribution is -2.64. The van der Waals surface area contributed by atoms with E-state index in [0.29, 0.717) is 0 Å². The molecule has 0 saturated heterocycles. The Labute approximate surface area is 296 Å². The molecule has 0 saturated carbocycles. The van der Waals surface area contributed by atoms with E-state index < -0.39 is 3.61 Å². The van der Waals surface area contributed by atoms with Crippen LogP contribution in [0.25, 0.3) is 0 Å². The van der Waals surface area contributed by atoms with E-state index in [1.165, 1.54) is 0 Å². The van der Waals surface area contributed by atoms with Crippen LogP contribution in [0, 0.1) is 0 Å². The molecule has 0 rings (SSSR count). The molecule has 0 aromatic carbocycles. The first-order valence-electron chi connectivity index (χ1n) is 3.93. The largest absolute Gasteiger partial charge is 0.374 e. The molecule has 14 heteroatoms. The predicted octanol–water partition coefficient (Wildman–Crippen LogP) is 9.73. The van der Waals surface area contributed by atoms with Gasteiger partial charge in [0.05, 0.1) is 0 Å². The third kappa shape index (κ3) is 6.48. The van der Waals surface area contributed by atoms with E-state index in [0.717, 1.165) is 0 Å². The second-order valence-electron chi connectivity index (χ2n) is 3.34. The third-order valence-corrected chi connectivity index (χ3v) is 37.6. The highest BCUT2D eigenvalue weighted by Crippen LogP contribution is 2.74. The Balaban J connectivity index is 6.08. The molecule has 122 valence electrons. The Hall–Kier alpha value is 9.45. The van der Waals surface area contributed by atoms with Crippen LogP contribution in [0.5, 0.6) is 0 Å².